The van der Waals surface area contributed by atoms with Crippen LogP contribution in [0.2, 0.25) is 0 Å². The molecule has 0 aliphatic carbocycles. The largest absolute Gasteiger partial charge is 0.383 e. The zero-order valence-corrected chi connectivity index (χ0v) is 13.9. The monoisotopic (exact) mass is 327 g/mol. The minimum absolute atomic E-state index is 0.0556. The van der Waals surface area contributed by atoms with Crippen molar-refractivity contribution >= 4 is 23.3 Å². The lowest BCUT2D eigenvalue weighted by Gasteiger charge is -2.31. The Morgan fingerprint density at radius 3 is 2.91 bits per heavy atom. The molecule has 2 aromatic rings. The summed E-state index contributed by atoms with van der Waals surface area (Å²) in [6.07, 6.45) is 2.37. The number of carbonyl (C=O) groups is 1. The molecule has 1 aliphatic heterocycles. The molecule has 3 heterocycles. The highest BCUT2D eigenvalue weighted by atomic mass is 32.1. The Morgan fingerprint density at radius 2 is 2.30 bits per heavy atom. The van der Waals surface area contributed by atoms with Crippen molar-refractivity contribution in [1.82, 2.24) is 14.3 Å². The lowest BCUT2D eigenvalue weighted by Crippen LogP contribution is -2.39. The number of nitrogens with two attached hydrogens (primary N) is 1. The number of hydrogen-bond acceptors (Lipinski definition) is 6. The Balaban J connectivity index is 2.15. The van der Waals surface area contributed by atoms with Crippen LogP contribution in [0.4, 0.5) is 5.82 Å². The van der Waals surface area contributed by atoms with E-state index in [-0.39, 0.29) is 17.6 Å². The van der Waals surface area contributed by atoms with Crippen molar-refractivity contribution < 1.29 is 4.79 Å². The number of hydrogen-bond donors (Lipinski definition) is 1. The fraction of sp³-hybridized carbons (Fsp3) is 0.375. The molecule has 6 nitrogen and oxygen atoms in total. The molecule has 0 fully saturated rings. The van der Waals surface area contributed by atoms with Crippen molar-refractivity contribution in [1.29, 1.82) is 5.26 Å². The molecular weight excluding hydrogens is 310 g/mol. The number of rotatable bonds is 2. The fourth-order valence-electron chi connectivity index (χ4n) is 2.89. The van der Waals surface area contributed by atoms with Crippen molar-refractivity contribution in [3.05, 3.63) is 28.4 Å². The van der Waals surface area contributed by atoms with Crippen LogP contribution in [0.1, 0.15) is 30.7 Å². The van der Waals surface area contributed by atoms with E-state index in [1.54, 1.807) is 6.20 Å². The SMILES string of the molecule is CC(C)C(=O)N1CCc2nc(N)c(C#N)c(-c3cnsc3)c2C1. The quantitative estimate of drug-likeness (QED) is 0.912. The molecular formula is C16H17N5OS. The molecule has 118 valence electrons. The second-order valence-electron chi connectivity index (χ2n) is 5.86. The van der Waals surface area contributed by atoms with Gasteiger partial charge in [-0.05, 0) is 11.5 Å². The molecule has 0 radical (unpaired) electrons. The van der Waals surface area contributed by atoms with Gasteiger partial charge < -0.3 is 10.6 Å². The van der Waals surface area contributed by atoms with Crippen molar-refractivity contribution in [2.45, 2.75) is 26.8 Å². The molecule has 0 bridgehead atoms. The molecule has 7 heteroatoms. The number of nitrogen functional groups attached to an aromatic ring is 1. The summed E-state index contributed by atoms with van der Waals surface area (Å²) in [5, 5.41) is 11.4. The fourth-order valence-corrected chi connectivity index (χ4v) is 3.42. The van der Waals surface area contributed by atoms with E-state index < -0.39 is 0 Å². The van der Waals surface area contributed by atoms with Crippen molar-refractivity contribution in [2.75, 3.05) is 12.3 Å². The second kappa shape index (κ2) is 5.97. The highest BCUT2D eigenvalue weighted by molar-refractivity contribution is 7.03. The molecule has 1 amide bonds. The average Bonchev–Trinajstić information content (AvgIpc) is 3.06. The summed E-state index contributed by atoms with van der Waals surface area (Å²) < 4.78 is 4.13. The standard InChI is InChI=1S/C16H17N5OS/c1-9(2)16(22)21-4-3-13-12(7-21)14(10-6-19-23-8-10)11(5-17)15(18)20-13/h6,8-9H,3-4,7H2,1-2H3,(H2,18,20). The number of nitrogens with zero attached hydrogens (tertiary/aromatic N) is 4. The van der Waals surface area contributed by atoms with Crippen LogP contribution in [0.3, 0.4) is 0 Å². The van der Waals surface area contributed by atoms with Crippen molar-refractivity contribution in [3.8, 4) is 17.2 Å². The molecule has 0 saturated carbocycles. The van der Waals surface area contributed by atoms with Gasteiger partial charge in [-0.1, -0.05) is 13.8 Å². The molecule has 0 aromatic carbocycles. The summed E-state index contributed by atoms with van der Waals surface area (Å²) in [5.74, 6) is 0.302. The molecule has 2 N–H and O–H groups in total. The van der Waals surface area contributed by atoms with Crippen molar-refractivity contribution in [3.63, 3.8) is 0 Å². The Bertz CT molecular complexity index is 792. The number of nitriles is 1. The highest BCUT2D eigenvalue weighted by Gasteiger charge is 2.28. The van der Waals surface area contributed by atoms with E-state index in [4.69, 9.17) is 5.73 Å². The third-order valence-corrected chi connectivity index (χ3v) is 4.60. The van der Waals surface area contributed by atoms with Gasteiger partial charge in [0.2, 0.25) is 5.91 Å². The first-order chi connectivity index (χ1) is 11.0. The van der Waals surface area contributed by atoms with Gasteiger partial charge in [0, 0.05) is 53.7 Å². The van der Waals surface area contributed by atoms with Gasteiger partial charge in [0.15, 0.2) is 0 Å². The summed E-state index contributed by atoms with van der Waals surface area (Å²) in [6.45, 7) is 4.87. The molecule has 0 saturated heterocycles. The van der Waals surface area contributed by atoms with Crippen LogP contribution < -0.4 is 5.73 Å². The third-order valence-electron chi connectivity index (χ3n) is 4.02. The van der Waals surface area contributed by atoms with Crippen LogP contribution in [0.15, 0.2) is 11.6 Å². The van der Waals surface area contributed by atoms with Crippen LogP contribution in [0.5, 0.6) is 0 Å². The molecule has 1 aliphatic rings. The Hall–Kier alpha value is -2.46. The summed E-state index contributed by atoms with van der Waals surface area (Å²) >= 11 is 1.32. The van der Waals surface area contributed by atoms with Gasteiger partial charge in [0.25, 0.3) is 0 Å². The topological polar surface area (TPSA) is 95.9 Å². The third kappa shape index (κ3) is 2.66. The van der Waals surface area contributed by atoms with Crippen LogP contribution >= 0.6 is 11.5 Å². The van der Waals surface area contributed by atoms with Crippen LogP contribution in [-0.4, -0.2) is 26.7 Å². The normalized spacial score (nSPS) is 13.7. The minimum Gasteiger partial charge on any atom is -0.383 e. The number of pyridine rings is 1. The first-order valence-electron chi connectivity index (χ1n) is 7.42. The highest BCUT2D eigenvalue weighted by Crippen LogP contribution is 2.35. The molecule has 23 heavy (non-hydrogen) atoms. The van der Waals surface area contributed by atoms with Crippen LogP contribution in [0.25, 0.3) is 11.1 Å². The summed E-state index contributed by atoms with van der Waals surface area (Å²) in [4.78, 5) is 18.6. The van der Waals surface area contributed by atoms with E-state index in [2.05, 4.69) is 15.4 Å². The van der Waals surface area contributed by atoms with E-state index in [0.29, 0.717) is 25.1 Å². The van der Waals surface area contributed by atoms with E-state index in [0.717, 1.165) is 22.4 Å². The Labute approximate surface area is 138 Å². The Kier molecular flexibility index (Phi) is 4.01. The first kappa shape index (κ1) is 15.4. The average molecular weight is 327 g/mol. The van der Waals surface area contributed by atoms with E-state index >= 15 is 0 Å². The smallest absolute Gasteiger partial charge is 0.225 e. The van der Waals surface area contributed by atoms with E-state index in [1.165, 1.54) is 11.5 Å². The number of aromatic nitrogens is 2. The zero-order valence-electron chi connectivity index (χ0n) is 13.0. The lowest BCUT2D eigenvalue weighted by atomic mass is 9.92. The predicted octanol–water partition coefficient (Wildman–Crippen LogP) is 2.20. The van der Waals surface area contributed by atoms with E-state index in [9.17, 15) is 10.1 Å². The summed E-state index contributed by atoms with van der Waals surface area (Å²) in [7, 11) is 0. The van der Waals surface area contributed by atoms with Gasteiger partial charge >= 0.3 is 0 Å². The van der Waals surface area contributed by atoms with Gasteiger partial charge in [-0.3, -0.25) is 4.79 Å². The molecule has 2 aromatic heterocycles. The molecule has 0 unspecified atom stereocenters. The number of anilines is 1. The maximum atomic E-state index is 12.3. The molecule has 0 atom stereocenters. The first-order valence-corrected chi connectivity index (χ1v) is 8.26. The van der Waals surface area contributed by atoms with Crippen LogP contribution in [-0.2, 0) is 17.8 Å². The number of carbonyl (C=O) groups excluding carboxylic acids is 1. The van der Waals surface area contributed by atoms with Gasteiger partial charge in [-0.2, -0.15) is 5.26 Å². The van der Waals surface area contributed by atoms with Gasteiger partial charge in [-0.25, -0.2) is 9.36 Å². The number of fused-ring (bicyclic) bond motifs is 1. The van der Waals surface area contributed by atoms with Gasteiger partial charge in [-0.15, -0.1) is 0 Å². The second-order valence-corrected chi connectivity index (χ2v) is 6.52. The van der Waals surface area contributed by atoms with Crippen molar-refractivity contribution in [2.24, 2.45) is 5.92 Å². The van der Waals surface area contributed by atoms with E-state index in [1.807, 2.05) is 24.1 Å². The molecule has 3 rings (SSSR count). The zero-order chi connectivity index (χ0) is 16.6. The lowest BCUT2D eigenvalue weighted by molar-refractivity contribution is -0.135. The maximum absolute atomic E-state index is 12.3. The van der Waals surface area contributed by atoms with Gasteiger partial charge in [0.05, 0.1) is 5.69 Å². The number of amides is 1. The summed E-state index contributed by atoms with van der Waals surface area (Å²) in [6, 6.07) is 2.15. The Morgan fingerprint density at radius 1 is 1.52 bits per heavy atom. The molecule has 0 spiro atoms. The summed E-state index contributed by atoms with van der Waals surface area (Å²) in [5.41, 5.74) is 9.75. The van der Waals surface area contributed by atoms with Gasteiger partial charge in [0.1, 0.15) is 17.5 Å². The van der Waals surface area contributed by atoms with Crippen LogP contribution in [0, 0.1) is 17.2 Å². The maximum Gasteiger partial charge on any atom is 0.225 e. The predicted molar refractivity (Wildman–Crippen MR) is 88.4 cm³/mol. The minimum atomic E-state index is -0.0556.